The predicted octanol–water partition coefficient (Wildman–Crippen LogP) is 7.92. The van der Waals surface area contributed by atoms with Crippen LogP contribution in [0, 0.1) is 0 Å². The number of nitrogens with zero attached hydrogens (tertiary/aromatic N) is 3. The molecule has 2 N–H and O–H groups in total. The smallest absolute Gasteiger partial charge is 0.235 e. The Bertz CT molecular complexity index is 2130. The number of hydrogen-bond donors (Lipinski definition) is 1. The van der Waals surface area contributed by atoms with E-state index in [0.717, 1.165) is 34.0 Å². The fourth-order valence-corrected chi connectivity index (χ4v) is 6.05. The molecule has 0 amide bonds. The number of benzene rings is 6. The van der Waals surface area contributed by atoms with Crippen LogP contribution in [0.5, 0.6) is 0 Å². The highest BCUT2D eigenvalue weighted by Gasteiger charge is 2.25. The van der Waals surface area contributed by atoms with Crippen LogP contribution in [-0.2, 0) is 0 Å². The van der Waals surface area contributed by atoms with Crippen molar-refractivity contribution in [3.05, 3.63) is 174 Å². The van der Waals surface area contributed by atoms with Crippen molar-refractivity contribution < 1.29 is 5.32 Å². The van der Waals surface area contributed by atoms with Gasteiger partial charge in [-0.2, -0.15) is 4.99 Å². The van der Waals surface area contributed by atoms with Crippen LogP contribution < -0.4 is 5.32 Å². The van der Waals surface area contributed by atoms with Gasteiger partial charge in [-0.05, 0) is 65.7 Å². The Balaban J connectivity index is 1.22. The number of aliphatic imine (C=N–C) groups is 2. The minimum absolute atomic E-state index is 0.0975. The van der Waals surface area contributed by atoms with Gasteiger partial charge in [0.2, 0.25) is 12.0 Å². The van der Waals surface area contributed by atoms with Crippen LogP contribution in [0.25, 0.3) is 38.6 Å². The van der Waals surface area contributed by atoms with E-state index in [0.29, 0.717) is 0 Å². The molecule has 204 valence electrons. The van der Waals surface area contributed by atoms with E-state index < -0.39 is 0 Å². The van der Waals surface area contributed by atoms with Gasteiger partial charge >= 0.3 is 0 Å². The molecule has 4 nitrogen and oxygen atoms in total. The van der Waals surface area contributed by atoms with Gasteiger partial charge in [-0.15, -0.1) is 0 Å². The van der Waals surface area contributed by atoms with E-state index in [9.17, 15) is 0 Å². The molecule has 0 spiro atoms. The average Bonchev–Trinajstić information content (AvgIpc) is 3.43. The summed E-state index contributed by atoms with van der Waals surface area (Å²) in [7, 11) is 0. The Labute approximate surface area is 250 Å². The lowest BCUT2D eigenvalue weighted by molar-refractivity contribution is -0.586. The van der Waals surface area contributed by atoms with E-state index in [4.69, 9.17) is 9.98 Å². The number of fused-ring (bicyclic) bond motifs is 3. The van der Waals surface area contributed by atoms with Gasteiger partial charge in [0.05, 0.1) is 16.6 Å². The van der Waals surface area contributed by atoms with Crippen molar-refractivity contribution in [2.75, 3.05) is 0 Å². The first-order valence-corrected chi connectivity index (χ1v) is 14.6. The quantitative estimate of drug-likeness (QED) is 0.225. The molecule has 0 aliphatic carbocycles. The van der Waals surface area contributed by atoms with Crippen molar-refractivity contribution in [2.24, 2.45) is 9.98 Å². The van der Waals surface area contributed by atoms with Crippen molar-refractivity contribution in [1.29, 1.82) is 0 Å². The molecule has 0 saturated carbocycles. The summed E-state index contributed by atoms with van der Waals surface area (Å²) in [5.74, 6) is 1.69. The van der Waals surface area contributed by atoms with Gasteiger partial charge in [-0.25, -0.2) is 4.99 Å². The lowest BCUT2D eigenvalue weighted by atomic mass is 10.0. The van der Waals surface area contributed by atoms with E-state index in [2.05, 4.69) is 155 Å². The third-order valence-corrected chi connectivity index (χ3v) is 8.18. The Hall–Kier alpha value is -5.58. The minimum atomic E-state index is -0.0975. The van der Waals surface area contributed by atoms with E-state index in [1.807, 2.05) is 12.1 Å². The summed E-state index contributed by atoms with van der Waals surface area (Å²) < 4.78 is 2.35. The van der Waals surface area contributed by atoms with Crippen LogP contribution in [0.2, 0.25) is 0 Å². The lowest BCUT2D eigenvalue weighted by Gasteiger charge is -2.19. The van der Waals surface area contributed by atoms with Gasteiger partial charge in [-0.3, -0.25) is 5.32 Å². The maximum absolute atomic E-state index is 5.10. The Morgan fingerprint density at radius 1 is 0.488 bits per heavy atom. The normalized spacial score (nSPS) is 14.9. The second kappa shape index (κ2) is 10.7. The Morgan fingerprint density at radius 3 is 1.84 bits per heavy atom. The first-order chi connectivity index (χ1) is 21.3. The maximum Gasteiger partial charge on any atom is 0.235 e. The summed E-state index contributed by atoms with van der Waals surface area (Å²) in [6.45, 7) is 0. The van der Waals surface area contributed by atoms with Crippen LogP contribution in [0.1, 0.15) is 22.9 Å². The number of para-hydroxylation sites is 1. The molecule has 4 heteroatoms. The summed E-state index contributed by atoms with van der Waals surface area (Å²) in [5, 5.41) is 4.65. The van der Waals surface area contributed by atoms with E-state index in [-0.39, 0.29) is 6.17 Å². The maximum atomic E-state index is 5.10. The second-order valence-corrected chi connectivity index (χ2v) is 10.8. The van der Waals surface area contributed by atoms with Gasteiger partial charge in [0.25, 0.3) is 0 Å². The highest BCUT2D eigenvalue weighted by atomic mass is 15.2. The lowest BCUT2D eigenvalue weighted by Crippen LogP contribution is -2.89. The van der Waals surface area contributed by atoms with Crippen molar-refractivity contribution >= 4 is 33.5 Å². The van der Waals surface area contributed by atoms with E-state index in [1.165, 1.54) is 32.9 Å². The average molecular weight is 554 g/mol. The van der Waals surface area contributed by atoms with Crippen LogP contribution >= 0.6 is 0 Å². The Morgan fingerprint density at radius 2 is 1.09 bits per heavy atom. The summed E-state index contributed by atoms with van der Waals surface area (Å²) in [5.41, 5.74) is 9.17. The molecule has 0 bridgehead atoms. The fraction of sp³-hybridized carbons (Fsp3) is 0.0256. The number of amidine groups is 2. The molecule has 7 aromatic rings. The topological polar surface area (TPSA) is 46.3 Å². The molecule has 2 heterocycles. The zero-order chi connectivity index (χ0) is 28.6. The molecule has 1 unspecified atom stereocenters. The highest BCUT2D eigenvalue weighted by Crippen LogP contribution is 2.35. The third-order valence-electron chi connectivity index (χ3n) is 8.18. The van der Waals surface area contributed by atoms with Crippen molar-refractivity contribution in [3.8, 4) is 16.8 Å². The fourth-order valence-electron chi connectivity index (χ4n) is 6.05. The molecule has 0 radical (unpaired) electrons. The largest absolute Gasteiger partial charge is 0.309 e. The zero-order valence-electron chi connectivity index (χ0n) is 23.5. The minimum Gasteiger partial charge on any atom is -0.309 e. The van der Waals surface area contributed by atoms with Gasteiger partial charge < -0.3 is 4.57 Å². The number of nitrogens with two attached hydrogens (primary N) is 1. The molecule has 1 aliphatic heterocycles. The highest BCUT2D eigenvalue weighted by molar-refractivity contribution is 6.11. The van der Waals surface area contributed by atoms with Crippen molar-refractivity contribution in [3.63, 3.8) is 0 Å². The molecule has 6 aromatic carbocycles. The van der Waals surface area contributed by atoms with Crippen LogP contribution in [-0.4, -0.2) is 16.2 Å². The number of aromatic nitrogens is 1. The van der Waals surface area contributed by atoms with Crippen molar-refractivity contribution in [1.82, 2.24) is 4.57 Å². The third kappa shape index (κ3) is 4.64. The number of rotatable bonds is 5. The van der Waals surface area contributed by atoms with Gasteiger partial charge in [0, 0.05) is 27.6 Å². The van der Waals surface area contributed by atoms with Gasteiger partial charge in [0.1, 0.15) is 0 Å². The summed E-state index contributed by atoms with van der Waals surface area (Å²) in [6.07, 6.45) is -0.0975. The van der Waals surface area contributed by atoms with Gasteiger partial charge in [0.15, 0.2) is 5.84 Å². The SMILES string of the molecule is c1ccc(C2=NC(c3ccc(-n4c5ccccc5c5cc(-c6ccccc6)ccc54)cc3)=NC(c3ccccc3)[NH2+]2)cc1. The predicted molar refractivity (Wildman–Crippen MR) is 177 cm³/mol. The van der Waals surface area contributed by atoms with E-state index in [1.54, 1.807) is 0 Å². The Kier molecular flexibility index (Phi) is 6.25. The number of hydrogen-bond acceptors (Lipinski definition) is 2. The molecular weight excluding hydrogens is 524 g/mol. The molecule has 43 heavy (non-hydrogen) atoms. The van der Waals surface area contributed by atoms with E-state index >= 15 is 0 Å². The first-order valence-electron chi connectivity index (χ1n) is 14.6. The van der Waals surface area contributed by atoms with Crippen LogP contribution in [0.3, 0.4) is 0 Å². The molecule has 0 fully saturated rings. The molecule has 1 aromatic heterocycles. The molecule has 1 aliphatic rings. The molecule has 0 saturated heterocycles. The standard InChI is InChI=1S/C39H28N4/c1-4-12-27(13-5-1)31-22-25-36-34(26-31)33-18-10-11-19-35(33)43(36)32-23-20-30(21-24-32)39-41-37(28-14-6-2-7-15-28)40-38(42-39)29-16-8-3-9-17-29/h1-26,37H,(H,40,41,42)/p+1. The molecule has 1 atom stereocenters. The zero-order valence-corrected chi connectivity index (χ0v) is 23.5. The second-order valence-electron chi connectivity index (χ2n) is 10.8. The first kappa shape index (κ1) is 25.2. The number of quaternary nitrogens is 1. The summed E-state index contributed by atoms with van der Waals surface area (Å²) >= 11 is 0. The van der Waals surface area contributed by atoms with Crippen LogP contribution in [0.15, 0.2) is 168 Å². The molecule has 8 rings (SSSR count). The van der Waals surface area contributed by atoms with Crippen LogP contribution in [0.4, 0.5) is 0 Å². The van der Waals surface area contributed by atoms with Gasteiger partial charge in [-0.1, -0.05) is 103 Å². The summed E-state index contributed by atoms with van der Waals surface area (Å²) in [6, 6.07) is 55.4. The molecular formula is C39H29N4+. The monoisotopic (exact) mass is 553 g/mol. The summed E-state index contributed by atoms with van der Waals surface area (Å²) in [4.78, 5) is 10.1. The van der Waals surface area contributed by atoms with Crippen molar-refractivity contribution in [2.45, 2.75) is 6.17 Å².